The maximum Gasteiger partial charge on any atom is 0.475 e. The highest BCUT2D eigenvalue weighted by Gasteiger charge is 2.33. The molecule has 2 aromatic carbocycles. The van der Waals surface area contributed by atoms with Crippen molar-refractivity contribution in [2.24, 2.45) is 17.8 Å². The molecule has 0 aromatic heterocycles. The topological polar surface area (TPSA) is 86.6 Å². The van der Waals surface area contributed by atoms with Crippen LogP contribution in [0.2, 0.25) is 0 Å². The Morgan fingerprint density at radius 3 is 1.88 bits per heavy atom. The Bertz CT molecular complexity index is 927. The van der Waals surface area contributed by atoms with Crippen LogP contribution in [0.4, 0.5) is 0 Å². The molecule has 0 heterocycles. The van der Waals surface area contributed by atoms with Crippen LogP contribution in [0.25, 0.3) is 11.1 Å². The fraction of sp³-hybridized carbons (Fsp3) is 0.481. The lowest BCUT2D eigenvalue weighted by Gasteiger charge is -2.24. The van der Waals surface area contributed by atoms with Crippen LogP contribution in [0.3, 0.4) is 0 Å². The summed E-state index contributed by atoms with van der Waals surface area (Å²) in [6, 6.07) is 16.4. The van der Waals surface area contributed by atoms with Crippen LogP contribution in [-0.2, 0) is 9.59 Å². The summed E-state index contributed by atoms with van der Waals surface area (Å²) in [4.78, 5) is 26.3. The Balaban J connectivity index is 1.74. The lowest BCUT2D eigenvalue weighted by atomic mass is 9.74. The van der Waals surface area contributed by atoms with Crippen molar-refractivity contribution in [1.82, 2.24) is 5.32 Å². The normalized spacial score (nSPS) is 14.7. The molecule has 0 fully saturated rings. The first kappa shape index (κ1) is 25.2. The van der Waals surface area contributed by atoms with Gasteiger partial charge in [-0.3, -0.25) is 9.59 Å². The molecule has 0 saturated carbocycles. The molecule has 3 rings (SSSR count). The first-order valence-electron chi connectivity index (χ1n) is 12.0. The molecule has 176 valence electrons. The molecule has 1 amide bonds. The third kappa shape index (κ3) is 6.33. The predicted octanol–water partition coefficient (Wildman–Crippen LogP) is 4.35. The van der Waals surface area contributed by atoms with E-state index in [2.05, 4.69) is 29.6 Å². The third-order valence-corrected chi connectivity index (χ3v) is 6.41. The summed E-state index contributed by atoms with van der Waals surface area (Å²) in [7, 11) is -1.63. The van der Waals surface area contributed by atoms with E-state index in [0.717, 1.165) is 11.1 Å². The highest BCUT2D eigenvalue weighted by molar-refractivity contribution is 6.43. The first-order valence-corrected chi connectivity index (χ1v) is 12.0. The van der Waals surface area contributed by atoms with Gasteiger partial charge in [0.25, 0.3) is 0 Å². The SMILES string of the molecule is CC(C)C[C@H](CC(=O)CC1c2ccccc2-c2ccccc21)C(=O)N[C@@H](CC(C)C)B(O)O. The lowest BCUT2D eigenvalue weighted by Crippen LogP contribution is -2.49. The van der Waals surface area contributed by atoms with E-state index in [1.807, 2.05) is 52.0 Å². The van der Waals surface area contributed by atoms with Gasteiger partial charge < -0.3 is 15.4 Å². The average molecular weight is 449 g/mol. The van der Waals surface area contributed by atoms with Gasteiger partial charge in [0.2, 0.25) is 5.91 Å². The molecule has 6 heteroatoms. The fourth-order valence-electron chi connectivity index (χ4n) is 4.98. The number of rotatable bonds is 11. The van der Waals surface area contributed by atoms with Gasteiger partial charge in [0.05, 0.1) is 5.94 Å². The van der Waals surface area contributed by atoms with Crippen molar-refractivity contribution in [2.75, 3.05) is 0 Å². The maximum absolute atomic E-state index is 13.2. The average Bonchev–Trinajstić information content (AvgIpc) is 3.06. The standard InChI is InChI=1S/C27H36BNO4/c1-17(2)13-19(27(31)29-26(28(32)33)14-18(3)4)15-20(30)16-25-23-11-7-5-9-21(23)22-10-6-8-12-24(22)25/h5-12,17-19,25-26,32-33H,13-16H2,1-4H3,(H,29,31)/t19-,26+/m1/s1. The van der Waals surface area contributed by atoms with Crippen LogP contribution in [0.1, 0.15) is 70.4 Å². The van der Waals surface area contributed by atoms with E-state index in [0.29, 0.717) is 19.3 Å². The van der Waals surface area contributed by atoms with E-state index in [1.54, 1.807) is 0 Å². The quantitative estimate of drug-likeness (QED) is 0.445. The Hall–Kier alpha value is -2.44. The van der Waals surface area contributed by atoms with Crippen molar-refractivity contribution < 1.29 is 19.6 Å². The predicted molar refractivity (Wildman–Crippen MR) is 132 cm³/mol. The minimum absolute atomic E-state index is 0.000569. The Labute approximate surface area is 197 Å². The number of ketones is 1. The number of hydrogen-bond donors (Lipinski definition) is 3. The van der Waals surface area contributed by atoms with E-state index < -0.39 is 19.0 Å². The highest BCUT2D eigenvalue weighted by atomic mass is 16.4. The van der Waals surface area contributed by atoms with Crippen molar-refractivity contribution in [3.8, 4) is 11.1 Å². The number of hydrogen-bond acceptors (Lipinski definition) is 4. The van der Waals surface area contributed by atoms with Crippen LogP contribution >= 0.6 is 0 Å². The molecule has 1 aliphatic carbocycles. The molecular weight excluding hydrogens is 413 g/mol. The van der Waals surface area contributed by atoms with Crippen LogP contribution in [0.5, 0.6) is 0 Å². The Morgan fingerprint density at radius 1 is 0.879 bits per heavy atom. The largest absolute Gasteiger partial charge is 0.475 e. The van der Waals surface area contributed by atoms with E-state index in [9.17, 15) is 19.6 Å². The first-order chi connectivity index (χ1) is 15.7. The summed E-state index contributed by atoms with van der Waals surface area (Å²) in [6.07, 6.45) is 1.54. The number of amides is 1. The minimum Gasteiger partial charge on any atom is -0.426 e. The van der Waals surface area contributed by atoms with Gasteiger partial charge in [-0.2, -0.15) is 0 Å². The molecule has 0 saturated heterocycles. The second kappa shape index (κ2) is 11.1. The molecule has 3 N–H and O–H groups in total. The summed E-state index contributed by atoms with van der Waals surface area (Å²) in [5, 5.41) is 22.2. The maximum atomic E-state index is 13.2. The monoisotopic (exact) mass is 449 g/mol. The van der Waals surface area contributed by atoms with Crippen molar-refractivity contribution >= 4 is 18.8 Å². The second-order valence-corrected chi connectivity index (χ2v) is 10.2. The zero-order chi connectivity index (χ0) is 24.1. The van der Waals surface area contributed by atoms with Gasteiger partial charge >= 0.3 is 7.12 Å². The minimum atomic E-state index is -1.63. The number of carbonyl (C=O) groups is 2. The molecule has 2 atom stereocenters. The van der Waals surface area contributed by atoms with Crippen LogP contribution in [0, 0.1) is 17.8 Å². The molecule has 0 unspecified atom stereocenters. The van der Waals surface area contributed by atoms with E-state index in [-0.39, 0.29) is 35.9 Å². The van der Waals surface area contributed by atoms with Gasteiger partial charge in [-0.25, -0.2) is 0 Å². The number of carbonyl (C=O) groups excluding carboxylic acids is 2. The van der Waals surface area contributed by atoms with Crippen LogP contribution < -0.4 is 5.32 Å². The molecule has 2 aromatic rings. The smallest absolute Gasteiger partial charge is 0.426 e. The summed E-state index contributed by atoms with van der Waals surface area (Å²) < 4.78 is 0. The van der Waals surface area contributed by atoms with Crippen molar-refractivity contribution in [3.63, 3.8) is 0 Å². The van der Waals surface area contributed by atoms with Gasteiger partial charge in [-0.15, -0.1) is 0 Å². The van der Waals surface area contributed by atoms with Gasteiger partial charge in [0.15, 0.2) is 0 Å². The number of Topliss-reactive ketones (excluding diaryl/α,β-unsaturated/α-hetero) is 1. The van der Waals surface area contributed by atoms with Crippen LogP contribution in [0.15, 0.2) is 48.5 Å². The zero-order valence-electron chi connectivity index (χ0n) is 20.1. The number of benzene rings is 2. The molecule has 1 aliphatic rings. The molecule has 0 radical (unpaired) electrons. The van der Waals surface area contributed by atoms with E-state index in [1.165, 1.54) is 11.1 Å². The summed E-state index contributed by atoms with van der Waals surface area (Å²) in [5.41, 5.74) is 4.68. The molecule has 0 bridgehead atoms. The zero-order valence-corrected chi connectivity index (χ0v) is 20.1. The van der Waals surface area contributed by atoms with E-state index in [4.69, 9.17) is 0 Å². The number of nitrogens with one attached hydrogen (secondary N) is 1. The van der Waals surface area contributed by atoms with Crippen molar-refractivity contribution in [2.45, 2.75) is 65.2 Å². The van der Waals surface area contributed by atoms with Crippen LogP contribution in [-0.4, -0.2) is 34.8 Å². The highest BCUT2D eigenvalue weighted by Crippen LogP contribution is 2.46. The Kier molecular flexibility index (Phi) is 8.49. The third-order valence-electron chi connectivity index (χ3n) is 6.41. The second-order valence-electron chi connectivity index (χ2n) is 10.2. The molecule has 33 heavy (non-hydrogen) atoms. The fourth-order valence-corrected chi connectivity index (χ4v) is 4.98. The molecule has 5 nitrogen and oxygen atoms in total. The number of fused-ring (bicyclic) bond motifs is 3. The van der Waals surface area contributed by atoms with Gasteiger partial charge in [0.1, 0.15) is 5.78 Å². The van der Waals surface area contributed by atoms with Gasteiger partial charge in [-0.1, -0.05) is 76.2 Å². The lowest BCUT2D eigenvalue weighted by molar-refractivity contribution is -0.130. The van der Waals surface area contributed by atoms with Gasteiger partial charge in [0, 0.05) is 24.7 Å². The molecule has 0 aliphatic heterocycles. The molecular formula is C27H36BNO4. The summed E-state index contributed by atoms with van der Waals surface area (Å²) in [5.74, 6) is -1.01. The summed E-state index contributed by atoms with van der Waals surface area (Å²) in [6.45, 7) is 7.99. The van der Waals surface area contributed by atoms with Gasteiger partial charge in [-0.05, 0) is 46.9 Å². The molecule has 0 spiro atoms. The van der Waals surface area contributed by atoms with E-state index >= 15 is 0 Å². The van der Waals surface area contributed by atoms with Crippen molar-refractivity contribution in [3.05, 3.63) is 59.7 Å². The summed E-state index contributed by atoms with van der Waals surface area (Å²) >= 11 is 0. The Morgan fingerprint density at radius 2 is 1.39 bits per heavy atom. The van der Waals surface area contributed by atoms with Crippen molar-refractivity contribution in [1.29, 1.82) is 0 Å².